The highest BCUT2D eigenvalue weighted by Gasteiger charge is 2.28. The van der Waals surface area contributed by atoms with Crippen LogP contribution in [-0.2, 0) is 4.79 Å². The van der Waals surface area contributed by atoms with Gasteiger partial charge in [-0.15, -0.1) is 0 Å². The Morgan fingerprint density at radius 2 is 2.00 bits per heavy atom. The lowest BCUT2D eigenvalue weighted by atomic mass is 9.79. The van der Waals surface area contributed by atoms with Crippen molar-refractivity contribution in [2.24, 2.45) is 17.6 Å². The molecule has 4 nitrogen and oxygen atoms in total. The van der Waals surface area contributed by atoms with Gasteiger partial charge in [0.1, 0.15) is 0 Å². The molecule has 0 aliphatic heterocycles. The Morgan fingerprint density at radius 3 is 2.60 bits per heavy atom. The molecule has 1 aliphatic carbocycles. The quantitative estimate of drug-likeness (QED) is 0.703. The normalized spacial score (nSPS) is 27.1. The van der Waals surface area contributed by atoms with Crippen molar-refractivity contribution in [2.45, 2.75) is 65.0 Å². The predicted octanol–water partition coefficient (Wildman–Crippen LogP) is 1.99. The largest absolute Gasteiger partial charge is 0.356 e. The fourth-order valence-electron chi connectivity index (χ4n) is 2.97. The number of hydrogen-bond donors (Lipinski definition) is 2. The summed E-state index contributed by atoms with van der Waals surface area (Å²) < 4.78 is 0. The SMILES string of the molecule is CC1CC(N)CC(C(=O)NCCCCN(C)C(C)C)C1. The molecule has 0 saturated heterocycles. The van der Waals surface area contributed by atoms with E-state index < -0.39 is 0 Å². The fourth-order valence-corrected chi connectivity index (χ4v) is 2.97. The number of nitrogens with zero attached hydrogens (tertiary/aromatic N) is 1. The van der Waals surface area contributed by atoms with Crippen molar-refractivity contribution in [3.63, 3.8) is 0 Å². The highest BCUT2D eigenvalue weighted by atomic mass is 16.1. The number of amides is 1. The molecule has 1 amide bonds. The second-order valence-corrected chi connectivity index (χ2v) is 6.84. The van der Waals surface area contributed by atoms with E-state index in [1.165, 1.54) is 0 Å². The zero-order valence-electron chi connectivity index (χ0n) is 13.7. The van der Waals surface area contributed by atoms with Crippen LogP contribution in [0, 0.1) is 11.8 Å². The Morgan fingerprint density at radius 1 is 1.30 bits per heavy atom. The average molecular weight is 283 g/mol. The van der Waals surface area contributed by atoms with Crippen LogP contribution in [0.4, 0.5) is 0 Å². The van der Waals surface area contributed by atoms with Gasteiger partial charge in [-0.2, -0.15) is 0 Å². The molecule has 3 atom stereocenters. The Balaban J connectivity index is 2.14. The van der Waals surface area contributed by atoms with E-state index in [0.29, 0.717) is 12.0 Å². The maximum absolute atomic E-state index is 12.1. The number of carbonyl (C=O) groups excluding carboxylic acids is 1. The van der Waals surface area contributed by atoms with E-state index in [1.54, 1.807) is 0 Å². The molecular weight excluding hydrogens is 250 g/mol. The van der Waals surface area contributed by atoms with E-state index in [4.69, 9.17) is 5.73 Å². The van der Waals surface area contributed by atoms with Crippen LogP contribution in [0.1, 0.15) is 52.9 Å². The molecule has 0 aromatic rings. The van der Waals surface area contributed by atoms with Crippen molar-refractivity contribution in [3.8, 4) is 0 Å². The molecule has 0 bridgehead atoms. The van der Waals surface area contributed by atoms with E-state index in [9.17, 15) is 4.79 Å². The first-order chi connectivity index (χ1) is 9.40. The van der Waals surface area contributed by atoms with Gasteiger partial charge < -0.3 is 16.0 Å². The van der Waals surface area contributed by atoms with Crippen LogP contribution in [0.3, 0.4) is 0 Å². The summed E-state index contributed by atoms with van der Waals surface area (Å²) in [7, 11) is 2.15. The van der Waals surface area contributed by atoms with Crippen molar-refractivity contribution in [3.05, 3.63) is 0 Å². The van der Waals surface area contributed by atoms with Gasteiger partial charge in [0.05, 0.1) is 0 Å². The molecular formula is C16H33N3O. The molecule has 4 heteroatoms. The molecule has 3 unspecified atom stereocenters. The fraction of sp³-hybridized carbons (Fsp3) is 0.938. The third-order valence-corrected chi connectivity index (χ3v) is 4.47. The zero-order valence-corrected chi connectivity index (χ0v) is 13.7. The third-order valence-electron chi connectivity index (χ3n) is 4.47. The number of rotatable bonds is 7. The maximum atomic E-state index is 12.1. The number of hydrogen-bond acceptors (Lipinski definition) is 3. The lowest BCUT2D eigenvalue weighted by molar-refractivity contribution is -0.126. The van der Waals surface area contributed by atoms with Crippen LogP contribution >= 0.6 is 0 Å². The highest BCUT2D eigenvalue weighted by molar-refractivity contribution is 5.78. The maximum Gasteiger partial charge on any atom is 0.223 e. The van der Waals surface area contributed by atoms with E-state index in [1.807, 2.05) is 0 Å². The summed E-state index contributed by atoms with van der Waals surface area (Å²) in [4.78, 5) is 14.5. The Labute approximate surface area is 124 Å². The summed E-state index contributed by atoms with van der Waals surface area (Å²) in [5.74, 6) is 0.922. The highest BCUT2D eigenvalue weighted by Crippen LogP contribution is 2.28. The molecule has 0 aromatic carbocycles. The van der Waals surface area contributed by atoms with Crippen molar-refractivity contribution < 1.29 is 4.79 Å². The zero-order chi connectivity index (χ0) is 15.1. The van der Waals surface area contributed by atoms with Crippen molar-refractivity contribution in [1.29, 1.82) is 0 Å². The Bertz CT molecular complexity index is 283. The number of nitrogens with one attached hydrogen (secondary N) is 1. The van der Waals surface area contributed by atoms with Gasteiger partial charge in [0.15, 0.2) is 0 Å². The first-order valence-electron chi connectivity index (χ1n) is 8.13. The minimum absolute atomic E-state index is 0.132. The van der Waals surface area contributed by atoms with Gasteiger partial charge in [-0.25, -0.2) is 0 Å². The van der Waals surface area contributed by atoms with Crippen LogP contribution in [0.15, 0.2) is 0 Å². The summed E-state index contributed by atoms with van der Waals surface area (Å²) in [5.41, 5.74) is 6.01. The topological polar surface area (TPSA) is 58.4 Å². The summed E-state index contributed by atoms with van der Waals surface area (Å²) in [6.07, 6.45) is 5.10. The summed E-state index contributed by atoms with van der Waals surface area (Å²) in [6.45, 7) is 8.50. The van der Waals surface area contributed by atoms with Gasteiger partial charge in [-0.05, 0) is 65.5 Å². The molecule has 0 spiro atoms. The Hall–Kier alpha value is -0.610. The molecule has 0 aromatic heterocycles. The Kier molecular flexibility index (Phi) is 7.52. The van der Waals surface area contributed by atoms with Gasteiger partial charge >= 0.3 is 0 Å². The van der Waals surface area contributed by atoms with E-state index in [-0.39, 0.29) is 17.9 Å². The van der Waals surface area contributed by atoms with E-state index in [2.05, 4.69) is 38.0 Å². The molecule has 20 heavy (non-hydrogen) atoms. The minimum atomic E-state index is 0.132. The van der Waals surface area contributed by atoms with Crippen LogP contribution in [0.25, 0.3) is 0 Å². The van der Waals surface area contributed by atoms with Crippen LogP contribution < -0.4 is 11.1 Å². The van der Waals surface area contributed by atoms with Crippen molar-refractivity contribution >= 4 is 5.91 Å². The lowest BCUT2D eigenvalue weighted by Gasteiger charge is -2.30. The third kappa shape index (κ3) is 6.23. The van der Waals surface area contributed by atoms with Crippen molar-refractivity contribution in [1.82, 2.24) is 10.2 Å². The van der Waals surface area contributed by atoms with Gasteiger partial charge in [0.2, 0.25) is 5.91 Å². The second kappa shape index (κ2) is 8.63. The monoisotopic (exact) mass is 283 g/mol. The molecule has 1 saturated carbocycles. The molecule has 3 N–H and O–H groups in total. The van der Waals surface area contributed by atoms with Gasteiger partial charge in [0.25, 0.3) is 0 Å². The summed E-state index contributed by atoms with van der Waals surface area (Å²) in [5, 5.41) is 3.08. The van der Waals surface area contributed by atoms with E-state index >= 15 is 0 Å². The predicted molar refractivity (Wildman–Crippen MR) is 84.5 cm³/mol. The molecule has 1 fully saturated rings. The first kappa shape index (κ1) is 17.4. The average Bonchev–Trinajstić information content (AvgIpc) is 2.36. The molecule has 1 rings (SSSR count). The smallest absolute Gasteiger partial charge is 0.223 e. The number of carbonyl (C=O) groups is 1. The minimum Gasteiger partial charge on any atom is -0.356 e. The molecule has 0 heterocycles. The second-order valence-electron chi connectivity index (χ2n) is 6.84. The first-order valence-corrected chi connectivity index (χ1v) is 8.13. The summed E-state index contributed by atoms with van der Waals surface area (Å²) >= 11 is 0. The molecule has 0 radical (unpaired) electrons. The molecule has 1 aliphatic rings. The van der Waals surface area contributed by atoms with Gasteiger partial charge in [-0.1, -0.05) is 6.92 Å². The van der Waals surface area contributed by atoms with Gasteiger partial charge in [-0.3, -0.25) is 4.79 Å². The van der Waals surface area contributed by atoms with Crippen LogP contribution in [0.5, 0.6) is 0 Å². The lowest BCUT2D eigenvalue weighted by Crippen LogP contribution is -2.40. The van der Waals surface area contributed by atoms with Gasteiger partial charge in [0, 0.05) is 24.5 Å². The molecule has 118 valence electrons. The van der Waals surface area contributed by atoms with E-state index in [0.717, 1.165) is 45.2 Å². The number of nitrogens with two attached hydrogens (primary N) is 1. The standard InChI is InChI=1S/C16H33N3O/c1-12(2)19(4)8-6-5-7-18-16(20)14-9-13(3)10-15(17)11-14/h12-15H,5-11,17H2,1-4H3,(H,18,20). The van der Waals surface area contributed by atoms with Crippen LogP contribution in [-0.4, -0.2) is 43.0 Å². The summed E-state index contributed by atoms with van der Waals surface area (Å²) in [6, 6.07) is 0.795. The van der Waals surface area contributed by atoms with Crippen LogP contribution in [0.2, 0.25) is 0 Å². The van der Waals surface area contributed by atoms with Crippen molar-refractivity contribution in [2.75, 3.05) is 20.1 Å². The number of unbranched alkanes of at least 4 members (excludes halogenated alkanes) is 1.